The molecule has 1 aliphatic heterocycles. The highest BCUT2D eigenvalue weighted by atomic mass is 32.1. The van der Waals surface area contributed by atoms with Crippen LogP contribution in [-0.4, -0.2) is 36.8 Å². The van der Waals surface area contributed by atoms with E-state index in [9.17, 15) is 0 Å². The van der Waals surface area contributed by atoms with Crippen LogP contribution in [0.25, 0.3) is 0 Å². The maximum absolute atomic E-state index is 5.83. The van der Waals surface area contributed by atoms with E-state index in [2.05, 4.69) is 50.0 Å². The van der Waals surface area contributed by atoms with Crippen molar-refractivity contribution < 1.29 is 4.74 Å². The summed E-state index contributed by atoms with van der Waals surface area (Å²) in [5, 5.41) is 12.1. The minimum absolute atomic E-state index is 0.110. The molecule has 0 radical (unpaired) electrons. The Balaban J connectivity index is 1.68. The van der Waals surface area contributed by atoms with Gasteiger partial charge in [0.25, 0.3) is 0 Å². The van der Waals surface area contributed by atoms with Crippen molar-refractivity contribution in [3.8, 4) is 5.75 Å². The molecular weight excluding hydrogens is 422 g/mol. The highest BCUT2D eigenvalue weighted by Crippen LogP contribution is 2.43. The van der Waals surface area contributed by atoms with Gasteiger partial charge in [-0.2, -0.15) is 0 Å². The van der Waals surface area contributed by atoms with Crippen molar-refractivity contribution in [2.45, 2.75) is 25.9 Å². The molecule has 3 aromatic heterocycles. The van der Waals surface area contributed by atoms with E-state index >= 15 is 0 Å². The number of benzene rings is 1. The van der Waals surface area contributed by atoms with Crippen molar-refractivity contribution in [2.24, 2.45) is 0 Å². The molecule has 2 atom stereocenters. The van der Waals surface area contributed by atoms with Crippen LogP contribution in [-0.2, 0) is 0 Å². The molecule has 4 aromatic rings. The molecule has 162 valence electrons. The van der Waals surface area contributed by atoms with E-state index in [1.807, 2.05) is 53.3 Å². The van der Waals surface area contributed by atoms with E-state index in [4.69, 9.17) is 17.0 Å². The Morgan fingerprint density at radius 1 is 1.03 bits per heavy atom. The van der Waals surface area contributed by atoms with Crippen molar-refractivity contribution in [1.29, 1.82) is 0 Å². The standard InChI is InChI=1S/C23H23N7OS/c1-15-11-19(16(2)30(15)28-13-25-26-14-28)22-21(20-9-4-5-10-24-20)27-23(32)29(22)17-7-6-8-18(12-17)31-3/h4-14,21-22H,1-3H3,(H,27,32)/t21-,22+/m0/s1. The summed E-state index contributed by atoms with van der Waals surface area (Å²) in [5.41, 5.74) is 5.17. The van der Waals surface area contributed by atoms with Gasteiger partial charge in [0, 0.05) is 34.9 Å². The Kier molecular flexibility index (Phi) is 5.10. The van der Waals surface area contributed by atoms with Gasteiger partial charge in [0.2, 0.25) is 0 Å². The summed E-state index contributed by atoms with van der Waals surface area (Å²) >= 11 is 5.83. The highest BCUT2D eigenvalue weighted by molar-refractivity contribution is 7.80. The Labute approximate surface area is 191 Å². The molecule has 1 N–H and O–H groups in total. The molecule has 0 unspecified atom stereocenters. The fraction of sp³-hybridized carbons (Fsp3) is 0.217. The molecule has 4 heterocycles. The number of anilines is 1. The molecule has 32 heavy (non-hydrogen) atoms. The van der Waals surface area contributed by atoms with Crippen molar-refractivity contribution >= 4 is 23.0 Å². The summed E-state index contributed by atoms with van der Waals surface area (Å²) in [5.74, 6) is 0.778. The summed E-state index contributed by atoms with van der Waals surface area (Å²) in [6, 6.07) is 15.9. The third-order valence-electron chi connectivity index (χ3n) is 5.82. The normalized spacial score (nSPS) is 18.1. The van der Waals surface area contributed by atoms with Crippen LogP contribution in [0.5, 0.6) is 5.75 Å². The molecule has 1 aliphatic rings. The van der Waals surface area contributed by atoms with E-state index in [-0.39, 0.29) is 12.1 Å². The lowest BCUT2D eigenvalue weighted by Gasteiger charge is -2.28. The van der Waals surface area contributed by atoms with Gasteiger partial charge in [-0.05, 0) is 56.4 Å². The quantitative estimate of drug-likeness (QED) is 0.471. The molecule has 0 bridgehead atoms. The summed E-state index contributed by atoms with van der Waals surface area (Å²) in [4.78, 5) is 6.78. The summed E-state index contributed by atoms with van der Waals surface area (Å²) < 4.78 is 9.44. The van der Waals surface area contributed by atoms with E-state index in [1.165, 1.54) is 0 Å². The maximum Gasteiger partial charge on any atom is 0.174 e. The Morgan fingerprint density at radius 2 is 1.84 bits per heavy atom. The van der Waals surface area contributed by atoms with Crippen LogP contribution < -0.4 is 15.0 Å². The largest absolute Gasteiger partial charge is 0.497 e. The monoisotopic (exact) mass is 445 g/mol. The average molecular weight is 446 g/mol. The summed E-state index contributed by atoms with van der Waals surface area (Å²) in [7, 11) is 1.67. The Bertz CT molecular complexity index is 1250. The first-order valence-electron chi connectivity index (χ1n) is 10.3. The number of hydrogen-bond acceptors (Lipinski definition) is 5. The molecule has 0 spiro atoms. The lowest BCUT2D eigenvalue weighted by molar-refractivity contribution is 0.415. The third kappa shape index (κ3) is 3.31. The predicted molar refractivity (Wildman–Crippen MR) is 126 cm³/mol. The molecule has 8 nitrogen and oxygen atoms in total. The van der Waals surface area contributed by atoms with E-state index in [0.29, 0.717) is 5.11 Å². The van der Waals surface area contributed by atoms with Gasteiger partial charge in [-0.1, -0.05) is 12.1 Å². The number of rotatable bonds is 5. The minimum atomic E-state index is -0.121. The van der Waals surface area contributed by atoms with Gasteiger partial charge in [-0.3, -0.25) is 9.66 Å². The van der Waals surface area contributed by atoms with Crippen LogP contribution in [0.15, 0.2) is 67.4 Å². The van der Waals surface area contributed by atoms with Crippen LogP contribution in [0.3, 0.4) is 0 Å². The molecule has 9 heteroatoms. The van der Waals surface area contributed by atoms with Crippen molar-refractivity contribution in [3.05, 3.63) is 90.0 Å². The van der Waals surface area contributed by atoms with E-state index in [1.54, 1.807) is 19.8 Å². The van der Waals surface area contributed by atoms with Gasteiger partial charge in [0.05, 0.1) is 24.9 Å². The highest BCUT2D eigenvalue weighted by Gasteiger charge is 2.42. The molecule has 5 rings (SSSR count). The van der Waals surface area contributed by atoms with Crippen molar-refractivity contribution in [1.82, 2.24) is 29.9 Å². The Hall–Kier alpha value is -3.72. The first-order chi connectivity index (χ1) is 15.6. The number of aryl methyl sites for hydroxylation is 1. The molecule has 1 saturated heterocycles. The number of pyridine rings is 1. The van der Waals surface area contributed by atoms with Crippen LogP contribution in [0, 0.1) is 13.8 Å². The zero-order valence-corrected chi connectivity index (χ0v) is 18.8. The minimum Gasteiger partial charge on any atom is -0.497 e. The van der Waals surface area contributed by atoms with Crippen molar-refractivity contribution in [2.75, 3.05) is 12.0 Å². The third-order valence-corrected chi connectivity index (χ3v) is 6.13. The second-order valence-electron chi connectivity index (χ2n) is 7.68. The van der Waals surface area contributed by atoms with Gasteiger partial charge >= 0.3 is 0 Å². The number of nitrogens with zero attached hydrogens (tertiary/aromatic N) is 6. The fourth-order valence-electron chi connectivity index (χ4n) is 4.44. The summed E-state index contributed by atoms with van der Waals surface area (Å²) in [6.45, 7) is 4.17. The average Bonchev–Trinajstić information content (AvgIpc) is 3.52. The van der Waals surface area contributed by atoms with Gasteiger partial charge in [0.1, 0.15) is 18.4 Å². The van der Waals surface area contributed by atoms with Crippen LogP contribution >= 0.6 is 12.2 Å². The number of methoxy groups -OCH3 is 1. The zero-order valence-electron chi connectivity index (χ0n) is 18.0. The molecule has 1 aromatic carbocycles. The second-order valence-corrected chi connectivity index (χ2v) is 8.06. The van der Waals surface area contributed by atoms with Crippen molar-refractivity contribution in [3.63, 3.8) is 0 Å². The zero-order chi connectivity index (χ0) is 22.2. The Morgan fingerprint density at radius 3 is 2.56 bits per heavy atom. The number of ether oxygens (including phenoxy) is 1. The maximum atomic E-state index is 5.83. The van der Waals surface area contributed by atoms with Crippen LogP contribution in [0.4, 0.5) is 5.69 Å². The number of hydrogen-bond donors (Lipinski definition) is 1. The lowest BCUT2D eigenvalue weighted by atomic mass is 9.96. The second kappa shape index (κ2) is 8.08. The molecule has 1 fully saturated rings. The van der Waals surface area contributed by atoms with E-state index < -0.39 is 0 Å². The number of thiocarbonyl (C=S) groups is 1. The van der Waals surface area contributed by atoms with Crippen LogP contribution in [0.1, 0.15) is 34.7 Å². The predicted octanol–water partition coefficient (Wildman–Crippen LogP) is 3.59. The smallest absolute Gasteiger partial charge is 0.174 e. The van der Waals surface area contributed by atoms with Gasteiger partial charge < -0.3 is 15.0 Å². The topological polar surface area (TPSA) is 73.0 Å². The lowest BCUT2D eigenvalue weighted by Crippen LogP contribution is -2.29. The van der Waals surface area contributed by atoms with Gasteiger partial charge in [-0.25, -0.2) is 4.68 Å². The fourth-order valence-corrected chi connectivity index (χ4v) is 4.79. The molecule has 0 saturated carbocycles. The van der Waals surface area contributed by atoms with E-state index in [0.717, 1.165) is 34.1 Å². The van der Waals surface area contributed by atoms with Crippen LogP contribution in [0.2, 0.25) is 0 Å². The van der Waals surface area contributed by atoms with Gasteiger partial charge in [0.15, 0.2) is 5.11 Å². The molecule has 0 amide bonds. The first-order valence-corrected chi connectivity index (χ1v) is 10.7. The SMILES string of the molecule is COc1cccc(N2C(=S)N[C@@H](c3ccccn3)[C@H]2c2cc(C)n(-n3cnnc3)c2C)c1. The summed E-state index contributed by atoms with van der Waals surface area (Å²) in [6.07, 6.45) is 5.19. The van der Waals surface area contributed by atoms with Gasteiger partial charge in [-0.15, -0.1) is 10.2 Å². The first kappa shape index (κ1) is 20.2. The molecule has 0 aliphatic carbocycles. The molecular formula is C23H23N7OS. The number of nitrogens with one attached hydrogen (secondary N) is 1. The number of aromatic nitrogens is 5.